The van der Waals surface area contributed by atoms with E-state index in [1.54, 1.807) is 5.30 Å². The molecular formula is C24H23P. The van der Waals surface area contributed by atoms with Crippen LogP contribution in [0.5, 0.6) is 0 Å². The standard InChI is InChI=1S/C24H23P/c1-3-25(4-2)23-17-16-19-11-6-8-14-21(19)24(23)22-15-9-12-18-10-5-7-13-20(18)22/h5-17H,3-4H2,1-2H3. The molecule has 0 bridgehead atoms. The van der Waals surface area contributed by atoms with Crippen molar-refractivity contribution in [3.63, 3.8) is 0 Å². The first-order valence-corrected chi connectivity index (χ1v) is 10.8. The van der Waals surface area contributed by atoms with Crippen LogP contribution in [-0.2, 0) is 0 Å². The van der Waals surface area contributed by atoms with E-state index >= 15 is 0 Å². The van der Waals surface area contributed by atoms with Crippen molar-refractivity contribution in [3.8, 4) is 11.1 Å². The summed E-state index contributed by atoms with van der Waals surface area (Å²) in [6.45, 7) is 4.66. The molecule has 0 fully saturated rings. The van der Waals surface area contributed by atoms with Crippen LogP contribution in [0.3, 0.4) is 0 Å². The largest absolute Gasteiger partial charge is 0.0752 e. The minimum atomic E-state index is -0.124. The van der Waals surface area contributed by atoms with Crippen molar-refractivity contribution in [3.05, 3.63) is 78.9 Å². The fourth-order valence-corrected chi connectivity index (χ4v) is 5.79. The van der Waals surface area contributed by atoms with Crippen molar-refractivity contribution >= 4 is 34.8 Å². The van der Waals surface area contributed by atoms with Gasteiger partial charge in [-0.05, 0) is 50.3 Å². The third kappa shape index (κ3) is 2.86. The molecule has 0 atom stereocenters. The number of hydrogen-bond donors (Lipinski definition) is 0. The van der Waals surface area contributed by atoms with Gasteiger partial charge < -0.3 is 0 Å². The maximum atomic E-state index is 2.39. The van der Waals surface area contributed by atoms with E-state index in [1.165, 1.54) is 45.0 Å². The average molecular weight is 342 g/mol. The first-order valence-electron chi connectivity index (χ1n) is 9.08. The summed E-state index contributed by atoms with van der Waals surface area (Å²) in [6, 6.07) is 29.0. The molecule has 1 heteroatoms. The van der Waals surface area contributed by atoms with Crippen molar-refractivity contribution < 1.29 is 0 Å². The zero-order valence-electron chi connectivity index (χ0n) is 14.9. The fraction of sp³-hybridized carbons (Fsp3) is 0.167. The van der Waals surface area contributed by atoms with Gasteiger partial charge in [-0.25, -0.2) is 0 Å². The van der Waals surface area contributed by atoms with Crippen LogP contribution in [0.2, 0.25) is 0 Å². The summed E-state index contributed by atoms with van der Waals surface area (Å²) < 4.78 is 0. The van der Waals surface area contributed by atoms with Crippen molar-refractivity contribution in [1.29, 1.82) is 0 Å². The summed E-state index contributed by atoms with van der Waals surface area (Å²) in [7, 11) is -0.124. The third-order valence-corrected chi connectivity index (χ3v) is 7.65. The lowest BCUT2D eigenvalue weighted by Crippen LogP contribution is -2.09. The van der Waals surface area contributed by atoms with Crippen LogP contribution in [0.25, 0.3) is 32.7 Å². The Balaban J connectivity index is 2.12. The predicted molar refractivity (Wildman–Crippen MR) is 115 cm³/mol. The quantitative estimate of drug-likeness (QED) is 0.357. The number of rotatable bonds is 4. The maximum absolute atomic E-state index is 2.39. The fourth-order valence-electron chi connectivity index (χ4n) is 3.81. The van der Waals surface area contributed by atoms with E-state index in [0.717, 1.165) is 0 Å². The van der Waals surface area contributed by atoms with Gasteiger partial charge in [0.25, 0.3) is 0 Å². The van der Waals surface area contributed by atoms with E-state index in [1.807, 2.05) is 0 Å². The maximum Gasteiger partial charge on any atom is -0.00222 e. The van der Waals surface area contributed by atoms with E-state index < -0.39 is 0 Å². The van der Waals surface area contributed by atoms with E-state index in [9.17, 15) is 0 Å². The van der Waals surface area contributed by atoms with E-state index in [0.29, 0.717) is 0 Å². The van der Waals surface area contributed by atoms with Gasteiger partial charge in [0, 0.05) is 0 Å². The van der Waals surface area contributed by atoms with Gasteiger partial charge in [-0.2, -0.15) is 0 Å². The Morgan fingerprint density at radius 2 is 1.20 bits per heavy atom. The highest BCUT2D eigenvalue weighted by Gasteiger charge is 2.17. The summed E-state index contributed by atoms with van der Waals surface area (Å²) in [4.78, 5) is 0. The summed E-state index contributed by atoms with van der Waals surface area (Å²) in [6.07, 6.45) is 2.48. The molecule has 0 unspecified atom stereocenters. The topological polar surface area (TPSA) is 0 Å². The molecule has 0 aliphatic heterocycles. The van der Waals surface area contributed by atoms with Crippen LogP contribution in [-0.4, -0.2) is 12.3 Å². The third-order valence-electron chi connectivity index (χ3n) is 5.07. The molecular weight excluding hydrogens is 319 g/mol. The van der Waals surface area contributed by atoms with Crippen LogP contribution in [0.15, 0.2) is 78.9 Å². The summed E-state index contributed by atoms with van der Waals surface area (Å²) >= 11 is 0. The lowest BCUT2D eigenvalue weighted by atomic mass is 9.94. The zero-order valence-corrected chi connectivity index (χ0v) is 15.8. The first-order chi connectivity index (χ1) is 12.3. The molecule has 0 spiro atoms. The molecule has 0 saturated carbocycles. The number of hydrogen-bond acceptors (Lipinski definition) is 0. The molecule has 0 amide bonds. The van der Waals surface area contributed by atoms with Crippen molar-refractivity contribution in [2.24, 2.45) is 0 Å². The molecule has 124 valence electrons. The normalized spacial score (nSPS) is 11.5. The van der Waals surface area contributed by atoms with Crippen molar-refractivity contribution in [2.45, 2.75) is 13.8 Å². The number of benzene rings is 4. The lowest BCUT2D eigenvalue weighted by Gasteiger charge is -2.21. The van der Waals surface area contributed by atoms with E-state index in [2.05, 4.69) is 92.7 Å². The van der Waals surface area contributed by atoms with Crippen LogP contribution in [0, 0.1) is 0 Å². The van der Waals surface area contributed by atoms with Gasteiger partial charge in [-0.15, -0.1) is 0 Å². The molecule has 0 aliphatic rings. The Labute approximate surface area is 151 Å². The molecule has 0 aromatic heterocycles. The highest BCUT2D eigenvalue weighted by molar-refractivity contribution is 7.65. The molecule has 0 nitrogen and oxygen atoms in total. The predicted octanol–water partition coefficient (Wildman–Crippen LogP) is 6.81. The second kappa shape index (κ2) is 6.98. The average Bonchev–Trinajstić information content (AvgIpc) is 2.68. The van der Waals surface area contributed by atoms with Gasteiger partial charge in [-0.3, -0.25) is 0 Å². The monoisotopic (exact) mass is 342 g/mol. The van der Waals surface area contributed by atoms with Gasteiger partial charge >= 0.3 is 0 Å². The smallest absolute Gasteiger partial charge is 0.00222 e. The number of fused-ring (bicyclic) bond motifs is 2. The summed E-state index contributed by atoms with van der Waals surface area (Å²) in [5, 5.41) is 6.93. The molecule has 0 radical (unpaired) electrons. The molecule has 0 N–H and O–H groups in total. The Bertz CT molecular complexity index is 1020. The lowest BCUT2D eigenvalue weighted by molar-refractivity contribution is 1.42. The van der Waals surface area contributed by atoms with Gasteiger partial charge in [-0.1, -0.05) is 101 Å². The SMILES string of the molecule is CCP(CC)c1ccc2ccccc2c1-c1cccc2ccccc12. The Hall–Kier alpha value is -2.17. The van der Waals surface area contributed by atoms with Gasteiger partial charge in [0.1, 0.15) is 0 Å². The molecule has 25 heavy (non-hydrogen) atoms. The Morgan fingerprint density at radius 1 is 0.600 bits per heavy atom. The minimum Gasteiger partial charge on any atom is -0.0752 e. The second-order valence-corrected chi connectivity index (χ2v) is 9.21. The van der Waals surface area contributed by atoms with Crippen molar-refractivity contribution in [1.82, 2.24) is 0 Å². The molecule has 0 aliphatic carbocycles. The van der Waals surface area contributed by atoms with E-state index in [4.69, 9.17) is 0 Å². The molecule has 4 aromatic carbocycles. The van der Waals surface area contributed by atoms with Crippen LogP contribution >= 0.6 is 7.92 Å². The molecule has 0 saturated heterocycles. The van der Waals surface area contributed by atoms with Crippen LogP contribution in [0.1, 0.15) is 13.8 Å². The van der Waals surface area contributed by atoms with Crippen LogP contribution in [0.4, 0.5) is 0 Å². The van der Waals surface area contributed by atoms with Gasteiger partial charge in [0.2, 0.25) is 0 Å². The Morgan fingerprint density at radius 3 is 1.92 bits per heavy atom. The van der Waals surface area contributed by atoms with Crippen LogP contribution < -0.4 is 5.30 Å². The zero-order chi connectivity index (χ0) is 17.2. The van der Waals surface area contributed by atoms with Crippen molar-refractivity contribution in [2.75, 3.05) is 12.3 Å². The molecule has 0 heterocycles. The summed E-state index contributed by atoms with van der Waals surface area (Å²) in [5.74, 6) is 0. The highest BCUT2D eigenvalue weighted by Crippen LogP contribution is 2.42. The Kier molecular flexibility index (Phi) is 4.55. The van der Waals surface area contributed by atoms with Gasteiger partial charge in [0.15, 0.2) is 0 Å². The molecule has 4 aromatic rings. The molecule has 4 rings (SSSR count). The highest BCUT2D eigenvalue weighted by atomic mass is 31.1. The summed E-state index contributed by atoms with van der Waals surface area (Å²) in [5.41, 5.74) is 2.82. The second-order valence-electron chi connectivity index (χ2n) is 6.38. The minimum absolute atomic E-state index is 0.124. The van der Waals surface area contributed by atoms with E-state index in [-0.39, 0.29) is 7.92 Å². The van der Waals surface area contributed by atoms with Gasteiger partial charge in [0.05, 0.1) is 0 Å². The first kappa shape index (κ1) is 16.3.